The molecule has 0 aliphatic heterocycles. The van der Waals surface area contributed by atoms with Crippen LogP contribution in [0.15, 0.2) is 29.1 Å². The van der Waals surface area contributed by atoms with E-state index in [1.165, 1.54) is 6.07 Å². The normalized spacial score (nSPS) is 10.4. The molecule has 1 aromatic heterocycles. The van der Waals surface area contributed by atoms with Gasteiger partial charge < -0.3 is 5.73 Å². The predicted octanol–water partition coefficient (Wildman–Crippen LogP) is 2.33. The summed E-state index contributed by atoms with van der Waals surface area (Å²) in [5, 5.41) is 6.77. The van der Waals surface area contributed by atoms with Crippen LogP contribution in [-0.2, 0) is 0 Å². The Morgan fingerprint density at radius 1 is 1.19 bits per heavy atom. The lowest BCUT2D eigenvalue weighted by Crippen LogP contribution is -2.12. The average Bonchev–Trinajstić information content (AvgIpc) is 2.22. The SMILES string of the molecule is Nc1cc(-c2ccc(Cl)cc2Cl)c(=O)[nH]n1. The predicted molar refractivity (Wildman–Crippen MR) is 64.7 cm³/mol. The van der Waals surface area contributed by atoms with Gasteiger partial charge in [0, 0.05) is 10.6 Å². The first-order valence-corrected chi connectivity index (χ1v) is 5.14. The Labute approximate surface area is 101 Å². The van der Waals surface area contributed by atoms with Crippen molar-refractivity contribution in [2.75, 3.05) is 5.73 Å². The van der Waals surface area contributed by atoms with Crippen LogP contribution < -0.4 is 11.3 Å². The van der Waals surface area contributed by atoms with Crippen LogP contribution in [0.2, 0.25) is 10.0 Å². The minimum Gasteiger partial charge on any atom is -0.382 e. The van der Waals surface area contributed by atoms with E-state index < -0.39 is 0 Å². The van der Waals surface area contributed by atoms with Crippen LogP contribution in [0.5, 0.6) is 0 Å². The number of aromatic amines is 1. The molecule has 0 fully saturated rings. The topological polar surface area (TPSA) is 71.8 Å². The van der Waals surface area contributed by atoms with Crippen LogP contribution in [0.1, 0.15) is 0 Å². The molecule has 3 N–H and O–H groups in total. The number of hydrogen-bond acceptors (Lipinski definition) is 3. The zero-order chi connectivity index (χ0) is 11.7. The maximum Gasteiger partial charge on any atom is 0.272 e. The number of rotatable bonds is 1. The number of H-pyrrole nitrogens is 1. The molecule has 6 heteroatoms. The lowest BCUT2D eigenvalue weighted by atomic mass is 10.1. The van der Waals surface area contributed by atoms with Gasteiger partial charge in [-0.1, -0.05) is 29.3 Å². The first kappa shape index (κ1) is 11.0. The van der Waals surface area contributed by atoms with Crippen molar-refractivity contribution in [2.45, 2.75) is 0 Å². The van der Waals surface area contributed by atoms with E-state index in [-0.39, 0.29) is 11.4 Å². The van der Waals surface area contributed by atoms with Crippen LogP contribution in [0, 0.1) is 0 Å². The summed E-state index contributed by atoms with van der Waals surface area (Å²) in [5.41, 5.74) is 6.09. The molecule has 0 amide bonds. The highest BCUT2D eigenvalue weighted by molar-refractivity contribution is 6.36. The van der Waals surface area contributed by atoms with Crippen molar-refractivity contribution in [1.82, 2.24) is 10.2 Å². The summed E-state index contributed by atoms with van der Waals surface area (Å²) in [5.74, 6) is 0.223. The Hall–Kier alpha value is -1.52. The quantitative estimate of drug-likeness (QED) is 0.822. The first-order valence-electron chi connectivity index (χ1n) is 4.38. The summed E-state index contributed by atoms with van der Waals surface area (Å²) in [4.78, 5) is 11.5. The third-order valence-electron chi connectivity index (χ3n) is 2.04. The van der Waals surface area contributed by atoms with Crippen LogP contribution in [0.25, 0.3) is 11.1 Å². The molecule has 16 heavy (non-hydrogen) atoms. The second-order valence-electron chi connectivity index (χ2n) is 3.16. The van der Waals surface area contributed by atoms with E-state index in [2.05, 4.69) is 10.2 Å². The second kappa shape index (κ2) is 4.15. The summed E-state index contributed by atoms with van der Waals surface area (Å²) in [6.07, 6.45) is 0. The minimum absolute atomic E-state index is 0.223. The number of nitrogens with two attached hydrogens (primary N) is 1. The Balaban J connectivity index is 2.67. The van der Waals surface area contributed by atoms with Crippen molar-refractivity contribution in [1.29, 1.82) is 0 Å². The third kappa shape index (κ3) is 2.03. The number of aromatic nitrogens is 2. The molecule has 0 bridgehead atoms. The first-order chi connectivity index (χ1) is 7.58. The van der Waals surface area contributed by atoms with Gasteiger partial charge in [-0.25, -0.2) is 5.10 Å². The van der Waals surface area contributed by atoms with Gasteiger partial charge in [0.25, 0.3) is 5.56 Å². The maximum absolute atomic E-state index is 11.5. The molecule has 2 rings (SSSR count). The molecular formula is C10H7Cl2N3O. The van der Waals surface area contributed by atoms with E-state index in [0.717, 1.165) is 0 Å². The minimum atomic E-state index is -0.349. The number of hydrogen-bond donors (Lipinski definition) is 2. The van der Waals surface area contributed by atoms with E-state index in [9.17, 15) is 4.79 Å². The van der Waals surface area contributed by atoms with Crippen molar-refractivity contribution < 1.29 is 0 Å². The standard InChI is InChI=1S/C10H7Cl2N3O/c11-5-1-2-6(8(12)3-5)7-4-9(13)14-15-10(7)16/h1-4H,(H2,13,14)(H,15,16). The molecule has 2 aromatic rings. The van der Waals surface area contributed by atoms with Crippen molar-refractivity contribution in [3.63, 3.8) is 0 Å². The lowest BCUT2D eigenvalue weighted by molar-refractivity contribution is 1.00. The summed E-state index contributed by atoms with van der Waals surface area (Å²) in [6.45, 7) is 0. The fourth-order valence-electron chi connectivity index (χ4n) is 1.33. The third-order valence-corrected chi connectivity index (χ3v) is 2.59. The number of nitrogens with one attached hydrogen (secondary N) is 1. The van der Waals surface area contributed by atoms with Gasteiger partial charge in [0.1, 0.15) is 5.82 Å². The average molecular weight is 256 g/mol. The summed E-state index contributed by atoms with van der Waals surface area (Å²) < 4.78 is 0. The highest BCUT2D eigenvalue weighted by Gasteiger charge is 2.09. The van der Waals surface area contributed by atoms with Crippen molar-refractivity contribution in [3.8, 4) is 11.1 Å². The molecule has 0 atom stereocenters. The molecule has 0 unspecified atom stereocenters. The van der Waals surface area contributed by atoms with E-state index in [0.29, 0.717) is 21.2 Å². The highest BCUT2D eigenvalue weighted by atomic mass is 35.5. The van der Waals surface area contributed by atoms with E-state index in [4.69, 9.17) is 28.9 Å². The molecular weight excluding hydrogens is 249 g/mol. The second-order valence-corrected chi connectivity index (χ2v) is 4.00. The largest absolute Gasteiger partial charge is 0.382 e. The van der Waals surface area contributed by atoms with E-state index in [1.54, 1.807) is 18.2 Å². The number of nitrogen functional groups attached to an aromatic ring is 1. The molecule has 1 aromatic carbocycles. The van der Waals surface area contributed by atoms with Crippen molar-refractivity contribution in [2.24, 2.45) is 0 Å². The van der Waals surface area contributed by atoms with E-state index >= 15 is 0 Å². The van der Waals surface area contributed by atoms with Gasteiger partial charge >= 0.3 is 0 Å². The highest BCUT2D eigenvalue weighted by Crippen LogP contribution is 2.28. The lowest BCUT2D eigenvalue weighted by Gasteiger charge is -2.04. The molecule has 0 aliphatic rings. The van der Waals surface area contributed by atoms with E-state index in [1.807, 2.05) is 0 Å². The Morgan fingerprint density at radius 3 is 2.62 bits per heavy atom. The number of halogens is 2. The van der Waals surface area contributed by atoms with Gasteiger partial charge in [0.15, 0.2) is 0 Å². The van der Waals surface area contributed by atoms with Gasteiger partial charge in [0.2, 0.25) is 0 Å². The van der Waals surface area contributed by atoms with Crippen molar-refractivity contribution >= 4 is 29.0 Å². The Bertz CT molecular complexity index is 595. The van der Waals surface area contributed by atoms with Crippen LogP contribution in [0.4, 0.5) is 5.82 Å². The monoisotopic (exact) mass is 255 g/mol. The molecule has 0 spiro atoms. The number of anilines is 1. The number of nitrogens with zero attached hydrogens (tertiary/aromatic N) is 1. The molecule has 82 valence electrons. The van der Waals surface area contributed by atoms with Gasteiger partial charge in [-0.3, -0.25) is 4.79 Å². The summed E-state index contributed by atoms with van der Waals surface area (Å²) >= 11 is 11.8. The molecule has 0 saturated heterocycles. The summed E-state index contributed by atoms with van der Waals surface area (Å²) in [6, 6.07) is 6.34. The molecule has 0 aliphatic carbocycles. The molecule has 0 radical (unpaired) electrons. The molecule has 4 nitrogen and oxygen atoms in total. The van der Waals surface area contributed by atoms with Gasteiger partial charge in [-0.2, -0.15) is 5.10 Å². The fraction of sp³-hybridized carbons (Fsp3) is 0. The zero-order valence-corrected chi connectivity index (χ0v) is 9.51. The van der Waals surface area contributed by atoms with Gasteiger partial charge in [-0.05, 0) is 18.2 Å². The zero-order valence-electron chi connectivity index (χ0n) is 8.00. The van der Waals surface area contributed by atoms with Gasteiger partial charge in [-0.15, -0.1) is 0 Å². The maximum atomic E-state index is 11.5. The smallest absolute Gasteiger partial charge is 0.272 e. The molecule has 0 saturated carbocycles. The van der Waals surface area contributed by atoms with Gasteiger partial charge in [0.05, 0.1) is 10.6 Å². The Morgan fingerprint density at radius 2 is 1.94 bits per heavy atom. The Kier molecular flexibility index (Phi) is 2.85. The van der Waals surface area contributed by atoms with Crippen LogP contribution in [0.3, 0.4) is 0 Å². The fourth-order valence-corrected chi connectivity index (χ4v) is 1.84. The molecule has 1 heterocycles. The number of benzene rings is 1. The van der Waals surface area contributed by atoms with Crippen molar-refractivity contribution in [3.05, 3.63) is 44.7 Å². The van der Waals surface area contributed by atoms with Crippen LogP contribution in [-0.4, -0.2) is 10.2 Å². The summed E-state index contributed by atoms with van der Waals surface area (Å²) in [7, 11) is 0. The van der Waals surface area contributed by atoms with Crippen LogP contribution >= 0.6 is 23.2 Å².